The summed E-state index contributed by atoms with van der Waals surface area (Å²) in [5, 5.41) is 4.23. The van der Waals surface area contributed by atoms with Crippen molar-refractivity contribution in [2.75, 3.05) is 13.2 Å². The minimum Gasteiger partial charge on any atom is -0.494 e. The van der Waals surface area contributed by atoms with Crippen LogP contribution in [0.4, 0.5) is 0 Å². The summed E-state index contributed by atoms with van der Waals surface area (Å²) in [7, 11) is 0. The van der Waals surface area contributed by atoms with Gasteiger partial charge in [-0.15, -0.1) is 11.3 Å². The molecule has 0 saturated carbocycles. The number of hydrogen-bond acceptors (Lipinski definition) is 6. The van der Waals surface area contributed by atoms with E-state index in [1.807, 2.05) is 6.92 Å². The highest BCUT2D eigenvalue weighted by atomic mass is 32.1. The molecule has 0 saturated heterocycles. The summed E-state index contributed by atoms with van der Waals surface area (Å²) in [5.41, 5.74) is 0.423. The zero-order valence-corrected chi connectivity index (χ0v) is 14.8. The van der Waals surface area contributed by atoms with Crippen molar-refractivity contribution < 1.29 is 23.9 Å². The van der Waals surface area contributed by atoms with E-state index in [1.54, 1.807) is 41.8 Å². The molecule has 0 unspecified atom stereocenters. The highest BCUT2D eigenvalue weighted by molar-refractivity contribution is 7.12. The second-order valence-electron chi connectivity index (χ2n) is 5.11. The summed E-state index contributed by atoms with van der Waals surface area (Å²) in [6.45, 7) is 3.62. The molecule has 0 aliphatic rings. The van der Waals surface area contributed by atoms with Gasteiger partial charge in [0.1, 0.15) is 12.3 Å². The number of carbonyl (C=O) groups excluding carboxylic acids is 3. The lowest BCUT2D eigenvalue weighted by Crippen LogP contribution is -2.33. The van der Waals surface area contributed by atoms with E-state index in [0.717, 1.165) is 0 Å². The van der Waals surface area contributed by atoms with Crippen molar-refractivity contribution in [3.8, 4) is 5.75 Å². The summed E-state index contributed by atoms with van der Waals surface area (Å²) in [4.78, 5) is 36.3. The molecule has 0 aliphatic carbocycles. The van der Waals surface area contributed by atoms with E-state index in [-0.39, 0.29) is 18.2 Å². The number of amides is 1. The van der Waals surface area contributed by atoms with Crippen molar-refractivity contribution in [3.05, 3.63) is 52.2 Å². The second kappa shape index (κ2) is 8.98. The van der Waals surface area contributed by atoms with E-state index >= 15 is 0 Å². The van der Waals surface area contributed by atoms with Gasteiger partial charge in [-0.2, -0.15) is 0 Å². The third kappa shape index (κ3) is 5.42. The number of hydrogen-bond donors (Lipinski definition) is 1. The van der Waals surface area contributed by atoms with E-state index in [9.17, 15) is 14.4 Å². The maximum atomic E-state index is 12.3. The predicted molar refractivity (Wildman–Crippen MR) is 94.1 cm³/mol. The van der Waals surface area contributed by atoms with E-state index in [1.165, 1.54) is 18.3 Å². The highest BCUT2D eigenvalue weighted by Gasteiger charge is 2.20. The van der Waals surface area contributed by atoms with Gasteiger partial charge in [-0.1, -0.05) is 6.07 Å². The smallest absolute Gasteiger partial charge is 0.326 e. The first-order chi connectivity index (χ1) is 12.0. The van der Waals surface area contributed by atoms with Crippen molar-refractivity contribution >= 4 is 29.0 Å². The van der Waals surface area contributed by atoms with Crippen molar-refractivity contribution in [3.63, 3.8) is 0 Å². The topological polar surface area (TPSA) is 81.7 Å². The van der Waals surface area contributed by atoms with Crippen LogP contribution >= 0.6 is 11.3 Å². The molecule has 0 aliphatic heterocycles. The molecule has 7 heteroatoms. The first kappa shape index (κ1) is 18.7. The predicted octanol–water partition coefficient (Wildman–Crippen LogP) is 2.69. The second-order valence-corrected chi connectivity index (χ2v) is 6.06. The van der Waals surface area contributed by atoms with Crippen molar-refractivity contribution in [1.29, 1.82) is 0 Å². The Morgan fingerprint density at radius 1 is 1.16 bits per heavy atom. The van der Waals surface area contributed by atoms with E-state index < -0.39 is 12.1 Å². The van der Waals surface area contributed by atoms with Crippen LogP contribution in [0.1, 0.15) is 33.9 Å². The lowest BCUT2D eigenvalue weighted by molar-refractivity contribution is -0.145. The van der Waals surface area contributed by atoms with Crippen LogP contribution in [-0.2, 0) is 9.53 Å². The zero-order valence-electron chi connectivity index (χ0n) is 14.0. The molecule has 6 nitrogen and oxygen atoms in total. The van der Waals surface area contributed by atoms with Gasteiger partial charge >= 0.3 is 5.97 Å². The normalized spacial score (nSPS) is 11.4. The Labute approximate surface area is 149 Å². The van der Waals surface area contributed by atoms with Crippen molar-refractivity contribution in [2.24, 2.45) is 0 Å². The van der Waals surface area contributed by atoms with Gasteiger partial charge in [0.05, 0.1) is 11.5 Å². The SMILES string of the molecule is CCOc1ccc(C(=O)[C@H](C)OC(=O)CNC(=O)c2cccs2)cc1. The summed E-state index contributed by atoms with van der Waals surface area (Å²) in [5.74, 6) is -0.671. The average Bonchev–Trinajstić information content (AvgIpc) is 3.14. The summed E-state index contributed by atoms with van der Waals surface area (Å²) in [6, 6.07) is 10.0. The maximum Gasteiger partial charge on any atom is 0.326 e. The molecule has 25 heavy (non-hydrogen) atoms. The Balaban J connectivity index is 1.83. The number of ether oxygens (including phenoxy) is 2. The molecule has 1 atom stereocenters. The van der Waals surface area contributed by atoms with E-state index in [4.69, 9.17) is 9.47 Å². The molecule has 0 fully saturated rings. The molecule has 0 radical (unpaired) electrons. The third-order valence-electron chi connectivity index (χ3n) is 3.27. The quantitative estimate of drug-likeness (QED) is 0.577. The molecule has 2 aromatic rings. The van der Waals surface area contributed by atoms with E-state index in [2.05, 4.69) is 5.32 Å². The number of nitrogens with one attached hydrogen (secondary N) is 1. The van der Waals surface area contributed by atoms with Gasteiger partial charge in [-0.25, -0.2) is 0 Å². The molecule has 1 aromatic carbocycles. The van der Waals surface area contributed by atoms with Crippen LogP contribution in [0.2, 0.25) is 0 Å². The van der Waals surface area contributed by atoms with Crippen LogP contribution in [0.15, 0.2) is 41.8 Å². The fraction of sp³-hybridized carbons (Fsp3) is 0.278. The van der Waals surface area contributed by atoms with Gasteiger partial charge in [-0.05, 0) is 49.6 Å². The first-order valence-corrected chi connectivity index (χ1v) is 8.67. The summed E-state index contributed by atoms with van der Waals surface area (Å²) >= 11 is 1.27. The van der Waals surface area contributed by atoms with Crippen LogP contribution in [0.3, 0.4) is 0 Å². The lowest BCUT2D eigenvalue weighted by atomic mass is 10.1. The summed E-state index contributed by atoms with van der Waals surface area (Å²) < 4.78 is 10.4. The molecule has 1 N–H and O–H groups in total. The lowest BCUT2D eigenvalue weighted by Gasteiger charge is -2.13. The third-order valence-corrected chi connectivity index (χ3v) is 4.13. The molecule has 0 bridgehead atoms. The maximum absolute atomic E-state index is 12.3. The largest absolute Gasteiger partial charge is 0.494 e. The molecule has 1 heterocycles. The number of Topliss-reactive ketones (excluding diaryl/α,β-unsaturated/α-hetero) is 1. The molecule has 2 rings (SSSR count). The van der Waals surface area contributed by atoms with Crippen LogP contribution in [0.5, 0.6) is 5.75 Å². The first-order valence-electron chi connectivity index (χ1n) is 7.79. The molecular formula is C18H19NO5S. The standard InChI is InChI=1S/C18H19NO5S/c1-3-23-14-8-6-13(7-9-14)17(21)12(2)24-16(20)11-19-18(22)15-5-4-10-25-15/h4-10,12H,3,11H2,1-2H3,(H,19,22)/t12-/m0/s1. The van der Waals surface area contributed by atoms with Crippen molar-refractivity contribution in [1.82, 2.24) is 5.32 Å². The number of thiophene rings is 1. The highest BCUT2D eigenvalue weighted by Crippen LogP contribution is 2.14. The number of ketones is 1. The Bertz CT molecular complexity index is 724. The minimum atomic E-state index is -0.941. The average molecular weight is 361 g/mol. The van der Waals surface area contributed by atoms with Gasteiger partial charge in [0.25, 0.3) is 5.91 Å². The fourth-order valence-electron chi connectivity index (χ4n) is 2.06. The van der Waals surface area contributed by atoms with E-state index in [0.29, 0.717) is 22.8 Å². The van der Waals surface area contributed by atoms with Crippen LogP contribution < -0.4 is 10.1 Å². The Kier molecular flexibility index (Phi) is 6.71. The molecule has 1 amide bonds. The molecule has 0 spiro atoms. The minimum absolute atomic E-state index is 0.294. The number of rotatable bonds is 8. The monoisotopic (exact) mass is 361 g/mol. The Morgan fingerprint density at radius 3 is 2.48 bits per heavy atom. The van der Waals surface area contributed by atoms with Crippen LogP contribution in [0, 0.1) is 0 Å². The number of benzene rings is 1. The van der Waals surface area contributed by atoms with Gasteiger partial charge in [-0.3, -0.25) is 14.4 Å². The summed E-state index contributed by atoms with van der Waals surface area (Å²) in [6.07, 6.45) is -0.941. The molecular weight excluding hydrogens is 342 g/mol. The Morgan fingerprint density at radius 2 is 1.88 bits per heavy atom. The van der Waals surface area contributed by atoms with Gasteiger partial charge in [0, 0.05) is 5.56 Å². The number of esters is 1. The van der Waals surface area contributed by atoms with Crippen molar-refractivity contribution in [2.45, 2.75) is 20.0 Å². The van der Waals surface area contributed by atoms with Gasteiger partial charge < -0.3 is 14.8 Å². The Hall–Kier alpha value is -2.67. The molecule has 132 valence electrons. The fourth-order valence-corrected chi connectivity index (χ4v) is 2.70. The van der Waals surface area contributed by atoms with Crippen LogP contribution in [-0.4, -0.2) is 36.9 Å². The van der Waals surface area contributed by atoms with Gasteiger partial charge in [0.2, 0.25) is 5.78 Å². The number of carbonyl (C=O) groups is 3. The molecule has 1 aromatic heterocycles. The van der Waals surface area contributed by atoms with Gasteiger partial charge in [0.15, 0.2) is 6.10 Å². The van der Waals surface area contributed by atoms with Crippen LogP contribution in [0.25, 0.3) is 0 Å². The zero-order chi connectivity index (χ0) is 18.2.